The van der Waals surface area contributed by atoms with E-state index in [0.717, 1.165) is 49.9 Å². The van der Waals surface area contributed by atoms with Gasteiger partial charge in [0.2, 0.25) is 0 Å². The Kier molecular flexibility index (Phi) is 4.17. The highest BCUT2D eigenvalue weighted by molar-refractivity contribution is 6.13. The van der Waals surface area contributed by atoms with Crippen molar-refractivity contribution in [2.75, 3.05) is 5.73 Å². The average molecular weight is 351 g/mol. The molecule has 2 heteroatoms. The summed E-state index contributed by atoms with van der Waals surface area (Å²) in [6, 6.07) is 30.9. The molecule has 0 saturated heterocycles. The van der Waals surface area contributed by atoms with Crippen molar-refractivity contribution in [3.05, 3.63) is 91.0 Å². The molecule has 5 rings (SSSR count). The zero-order valence-corrected chi connectivity index (χ0v) is 14.1. The zero-order chi connectivity index (χ0) is 17.5. The van der Waals surface area contributed by atoms with E-state index in [-0.39, 0.29) is 7.43 Å². The fourth-order valence-electron chi connectivity index (χ4n) is 3.60. The van der Waals surface area contributed by atoms with E-state index in [4.69, 9.17) is 10.2 Å². The number of rotatable bonds is 2. The summed E-state index contributed by atoms with van der Waals surface area (Å²) in [5.41, 5.74) is 12.9. The van der Waals surface area contributed by atoms with Gasteiger partial charge >= 0.3 is 0 Å². The summed E-state index contributed by atoms with van der Waals surface area (Å²) in [6.07, 6.45) is 0. The molecule has 0 saturated carbocycles. The molecule has 4 aromatic carbocycles. The highest BCUT2D eigenvalue weighted by atomic mass is 16.3. The number of furan rings is 1. The van der Waals surface area contributed by atoms with E-state index >= 15 is 0 Å². The number of para-hydroxylation sites is 2. The first-order chi connectivity index (χ1) is 12.8. The van der Waals surface area contributed by atoms with E-state index in [0.29, 0.717) is 0 Å². The van der Waals surface area contributed by atoms with Crippen molar-refractivity contribution in [3.63, 3.8) is 0 Å². The summed E-state index contributed by atoms with van der Waals surface area (Å²) in [5, 5.41) is 2.25. The molecular formula is C25H21NO. The Hall–Kier alpha value is -3.52. The lowest BCUT2D eigenvalue weighted by Gasteiger charge is -2.03. The van der Waals surface area contributed by atoms with Crippen molar-refractivity contribution in [1.29, 1.82) is 0 Å². The molecule has 0 amide bonds. The van der Waals surface area contributed by atoms with Crippen LogP contribution in [0.15, 0.2) is 95.4 Å². The molecule has 132 valence electrons. The predicted molar refractivity (Wildman–Crippen MR) is 116 cm³/mol. The number of fused-ring (bicyclic) bond motifs is 3. The van der Waals surface area contributed by atoms with E-state index < -0.39 is 0 Å². The van der Waals surface area contributed by atoms with Gasteiger partial charge in [0.25, 0.3) is 0 Å². The quantitative estimate of drug-likeness (QED) is 0.343. The summed E-state index contributed by atoms with van der Waals surface area (Å²) in [4.78, 5) is 0. The lowest BCUT2D eigenvalue weighted by atomic mass is 10.00. The minimum Gasteiger partial charge on any atom is -0.455 e. The van der Waals surface area contributed by atoms with Crippen LogP contribution in [0.25, 0.3) is 44.2 Å². The summed E-state index contributed by atoms with van der Waals surface area (Å²) < 4.78 is 6.42. The van der Waals surface area contributed by atoms with Gasteiger partial charge in [-0.25, -0.2) is 0 Å². The maximum atomic E-state index is 6.42. The minimum atomic E-state index is 0. The second-order valence-electron chi connectivity index (χ2n) is 6.46. The minimum absolute atomic E-state index is 0. The van der Waals surface area contributed by atoms with Crippen LogP contribution in [-0.4, -0.2) is 0 Å². The zero-order valence-electron chi connectivity index (χ0n) is 14.1. The second kappa shape index (κ2) is 6.65. The number of nitrogen functional groups attached to an aromatic ring is 1. The molecule has 0 radical (unpaired) electrons. The lowest BCUT2D eigenvalue weighted by Crippen LogP contribution is -1.85. The maximum Gasteiger partial charge on any atom is 0.143 e. The summed E-state index contributed by atoms with van der Waals surface area (Å²) in [5.74, 6) is 0. The topological polar surface area (TPSA) is 39.2 Å². The standard InChI is InChI=1S/C24H17NO.CH4/c25-18-10-4-9-17(15-18)20-12-6-14-22-21-13-5-11-19(23(21)26-24(20)22)16-7-2-1-3-8-16;/h1-15H,25H2;1H4. The molecule has 0 aliphatic rings. The maximum absolute atomic E-state index is 6.42. The predicted octanol–water partition coefficient (Wildman–Crippen LogP) is 7.14. The number of hydrogen-bond acceptors (Lipinski definition) is 2. The highest BCUT2D eigenvalue weighted by Gasteiger charge is 2.15. The first-order valence-corrected chi connectivity index (χ1v) is 8.67. The third kappa shape index (κ3) is 2.76. The van der Waals surface area contributed by atoms with E-state index in [2.05, 4.69) is 66.7 Å². The van der Waals surface area contributed by atoms with Crippen molar-refractivity contribution in [2.45, 2.75) is 7.43 Å². The van der Waals surface area contributed by atoms with Gasteiger partial charge in [-0.3, -0.25) is 0 Å². The van der Waals surface area contributed by atoms with Crippen LogP contribution < -0.4 is 5.73 Å². The van der Waals surface area contributed by atoms with Gasteiger partial charge in [-0.05, 0) is 23.3 Å². The monoisotopic (exact) mass is 351 g/mol. The average Bonchev–Trinajstić information content (AvgIpc) is 3.07. The van der Waals surface area contributed by atoms with Crippen LogP contribution in [0.3, 0.4) is 0 Å². The Balaban J connectivity index is 0.00000180. The summed E-state index contributed by atoms with van der Waals surface area (Å²) >= 11 is 0. The Morgan fingerprint density at radius 1 is 0.556 bits per heavy atom. The van der Waals surface area contributed by atoms with Gasteiger partial charge in [-0.2, -0.15) is 0 Å². The molecule has 0 aliphatic heterocycles. The van der Waals surface area contributed by atoms with Crippen LogP contribution >= 0.6 is 0 Å². The van der Waals surface area contributed by atoms with Crippen molar-refractivity contribution in [2.24, 2.45) is 0 Å². The Labute approximate surface area is 158 Å². The fourth-order valence-corrected chi connectivity index (χ4v) is 3.60. The molecule has 0 unspecified atom stereocenters. The molecule has 0 spiro atoms. The number of nitrogens with two attached hydrogens (primary N) is 1. The highest BCUT2D eigenvalue weighted by Crippen LogP contribution is 2.39. The molecule has 1 heterocycles. The van der Waals surface area contributed by atoms with Gasteiger partial charge in [0.05, 0.1) is 0 Å². The van der Waals surface area contributed by atoms with E-state index in [1.54, 1.807) is 0 Å². The number of anilines is 1. The SMILES string of the molecule is C.Nc1cccc(-c2cccc3c2oc2c(-c4ccccc4)cccc23)c1. The summed E-state index contributed by atoms with van der Waals surface area (Å²) in [7, 11) is 0. The number of benzene rings is 4. The molecule has 0 fully saturated rings. The third-order valence-electron chi connectivity index (χ3n) is 4.81. The first-order valence-electron chi connectivity index (χ1n) is 8.67. The molecule has 5 aromatic rings. The molecule has 0 bridgehead atoms. The molecule has 27 heavy (non-hydrogen) atoms. The fraction of sp³-hybridized carbons (Fsp3) is 0.0400. The second-order valence-corrected chi connectivity index (χ2v) is 6.46. The van der Waals surface area contributed by atoms with E-state index in [1.807, 2.05) is 24.3 Å². The largest absolute Gasteiger partial charge is 0.455 e. The van der Waals surface area contributed by atoms with Crippen LogP contribution in [-0.2, 0) is 0 Å². The Morgan fingerprint density at radius 2 is 1.11 bits per heavy atom. The van der Waals surface area contributed by atoms with Crippen molar-refractivity contribution in [3.8, 4) is 22.3 Å². The Morgan fingerprint density at radius 3 is 1.74 bits per heavy atom. The first kappa shape index (κ1) is 16.9. The van der Waals surface area contributed by atoms with Gasteiger partial charge in [0, 0.05) is 27.6 Å². The van der Waals surface area contributed by atoms with Crippen molar-refractivity contribution < 1.29 is 4.42 Å². The molecular weight excluding hydrogens is 330 g/mol. The number of hydrogen-bond donors (Lipinski definition) is 1. The van der Waals surface area contributed by atoms with E-state index in [9.17, 15) is 0 Å². The molecule has 0 atom stereocenters. The van der Waals surface area contributed by atoms with E-state index in [1.165, 1.54) is 0 Å². The Bertz CT molecular complexity index is 1240. The normalized spacial score (nSPS) is 10.8. The van der Waals surface area contributed by atoms with Crippen LogP contribution in [0, 0.1) is 0 Å². The van der Waals surface area contributed by atoms with Crippen LogP contribution in [0.2, 0.25) is 0 Å². The molecule has 0 aliphatic carbocycles. The molecule has 2 nitrogen and oxygen atoms in total. The molecule has 1 aromatic heterocycles. The summed E-state index contributed by atoms with van der Waals surface area (Å²) in [6.45, 7) is 0. The third-order valence-corrected chi connectivity index (χ3v) is 4.81. The van der Waals surface area contributed by atoms with Crippen LogP contribution in [0.4, 0.5) is 5.69 Å². The smallest absolute Gasteiger partial charge is 0.143 e. The van der Waals surface area contributed by atoms with Crippen molar-refractivity contribution in [1.82, 2.24) is 0 Å². The van der Waals surface area contributed by atoms with Gasteiger partial charge in [-0.1, -0.05) is 86.3 Å². The van der Waals surface area contributed by atoms with Crippen LogP contribution in [0.1, 0.15) is 7.43 Å². The van der Waals surface area contributed by atoms with Gasteiger partial charge in [-0.15, -0.1) is 0 Å². The van der Waals surface area contributed by atoms with Crippen LogP contribution in [0.5, 0.6) is 0 Å². The molecule has 2 N–H and O–H groups in total. The van der Waals surface area contributed by atoms with Crippen molar-refractivity contribution >= 4 is 27.6 Å². The van der Waals surface area contributed by atoms with Gasteiger partial charge < -0.3 is 10.2 Å². The lowest BCUT2D eigenvalue weighted by molar-refractivity contribution is 0.671. The van der Waals surface area contributed by atoms with Gasteiger partial charge in [0.1, 0.15) is 11.2 Å². The van der Waals surface area contributed by atoms with Gasteiger partial charge in [0.15, 0.2) is 0 Å².